The van der Waals surface area contributed by atoms with E-state index in [1.807, 2.05) is 19.1 Å². The second-order valence-electron chi connectivity index (χ2n) is 4.31. The van der Waals surface area contributed by atoms with Crippen molar-refractivity contribution in [2.75, 3.05) is 11.1 Å². The zero-order chi connectivity index (χ0) is 13.1. The molecule has 0 fully saturated rings. The first kappa shape index (κ1) is 14.0. The third-order valence-electron chi connectivity index (χ3n) is 2.98. The van der Waals surface area contributed by atoms with E-state index in [2.05, 4.69) is 17.2 Å². The molecule has 0 radical (unpaired) electrons. The van der Waals surface area contributed by atoms with E-state index in [1.165, 1.54) is 0 Å². The van der Waals surface area contributed by atoms with Crippen LogP contribution >= 0.6 is 35.0 Å². The molecule has 0 bridgehead atoms. The summed E-state index contributed by atoms with van der Waals surface area (Å²) >= 11 is 14.2. The zero-order valence-corrected chi connectivity index (χ0v) is 12.8. The molecule has 0 aromatic heterocycles. The summed E-state index contributed by atoms with van der Waals surface area (Å²) in [5.41, 5.74) is 1.78. The van der Waals surface area contributed by atoms with Gasteiger partial charge in [-0.3, -0.25) is 4.99 Å². The highest BCUT2D eigenvalue weighted by Gasteiger charge is 2.16. The fourth-order valence-corrected chi connectivity index (χ4v) is 3.25. The Labute approximate surface area is 122 Å². The lowest BCUT2D eigenvalue weighted by Crippen LogP contribution is -2.20. The van der Waals surface area contributed by atoms with Crippen molar-refractivity contribution in [3.63, 3.8) is 0 Å². The molecular formula is C13H16Cl2N2S. The lowest BCUT2D eigenvalue weighted by atomic mass is 10.2. The van der Waals surface area contributed by atoms with Gasteiger partial charge in [0, 0.05) is 5.75 Å². The van der Waals surface area contributed by atoms with Crippen LogP contribution in [0.5, 0.6) is 0 Å². The number of hydrogen-bond donors (Lipinski definition) is 1. The molecule has 1 aliphatic heterocycles. The number of aliphatic imine (C=N–C) groups is 1. The van der Waals surface area contributed by atoms with Gasteiger partial charge in [-0.1, -0.05) is 48.0 Å². The van der Waals surface area contributed by atoms with Gasteiger partial charge in [-0.05, 0) is 31.4 Å². The topological polar surface area (TPSA) is 24.4 Å². The molecular weight excluding hydrogens is 287 g/mol. The Morgan fingerprint density at radius 3 is 2.94 bits per heavy atom. The smallest absolute Gasteiger partial charge is 0.161 e. The maximum Gasteiger partial charge on any atom is 0.161 e. The van der Waals surface area contributed by atoms with Gasteiger partial charge in [0.05, 0.1) is 21.8 Å². The number of nitrogens with one attached hydrogen (secondary N) is 1. The Morgan fingerprint density at radius 1 is 1.44 bits per heavy atom. The van der Waals surface area contributed by atoms with Crippen molar-refractivity contribution >= 4 is 45.8 Å². The number of rotatable bonds is 2. The average Bonchev–Trinajstić information content (AvgIpc) is 2.39. The van der Waals surface area contributed by atoms with Gasteiger partial charge in [-0.2, -0.15) is 0 Å². The lowest BCUT2D eigenvalue weighted by molar-refractivity contribution is 0.634. The van der Waals surface area contributed by atoms with Crippen molar-refractivity contribution in [3.05, 3.63) is 27.7 Å². The number of nitrogens with zero attached hydrogens (tertiary/aromatic N) is 1. The second-order valence-corrected chi connectivity index (χ2v) is 6.18. The van der Waals surface area contributed by atoms with Crippen molar-refractivity contribution in [1.82, 2.24) is 0 Å². The molecule has 0 spiro atoms. The van der Waals surface area contributed by atoms with E-state index in [-0.39, 0.29) is 0 Å². The van der Waals surface area contributed by atoms with Crippen molar-refractivity contribution in [3.8, 4) is 0 Å². The van der Waals surface area contributed by atoms with Gasteiger partial charge in [0.1, 0.15) is 0 Å². The molecule has 1 aliphatic rings. The normalized spacial score (nSPS) is 19.6. The highest BCUT2D eigenvalue weighted by atomic mass is 35.5. The van der Waals surface area contributed by atoms with Crippen molar-refractivity contribution in [2.24, 2.45) is 4.99 Å². The summed E-state index contributed by atoms with van der Waals surface area (Å²) < 4.78 is 0. The lowest BCUT2D eigenvalue weighted by Gasteiger charge is -2.20. The predicted molar refractivity (Wildman–Crippen MR) is 83.4 cm³/mol. The third-order valence-corrected chi connectivity index (χ3v) is 4.70. The number of anilines is 1. The van der Waals surface area contributed by atoms with E-state index in [1.54, 1.807) is 11.8 Å². The van der Waals surface area contributed by atoms with Gasteiger partial charge in [-0.25, -0.2) is 0 Å². The zero-order valence-electron chi connectivity index (χ0n) is 10.5. The number of benzene rings is 1. The molecule has 1 aromatic rings. The summed E-state index contributed by atoms with van der Waals surface area (Å²) in [4.78, 5) is 4.66. The minimum atomic E-state index is 0.413. The number of halogens is 2. The van der Waals surface area contributed by atoms with Crippen LogP contribution in [-0.2, 0) is 0 Å². The number of hydrogen-bond acceptors (Lipinski definition) is 3. The van der Waals surface area contributed by atoms with Gasteiger partial charge in [0.2, 0.25) is 0 Å². The summed E-state index contributed by atoms with van der Waals surface area (Å²) in [6.45, 7) is 4.13. The molecule has 2 nitrogen and oxygen atoms in total. The molecule has 0 saturated carbocycles. The van der Waals surface area contributed by atoms with E-state index in [4.69, 9.17) is 23.2 Å². The average molecular weight is 303 g/mol. The van der Waals surface area contributed by atoms with Gasteiger partial charge in [0.15, 0.2) is 5.17 Å². The van der Waals surface area contributed by atoms with Crippen LogP contribution in [0.15, 0.2) is 17.1 Å². The first-order valence-electron chi connectivity index (χ1n) is 6.04. The minimum absolute atomic E-state index is 0.413. The maximum atomic E-state index is 6.28. The minimum Gasteiger partial charge on any atom is -0.333 e. The van der Waals surface area contributed by atoms with Gasteiger partial charge < -0.3 is 5.32 Å². The number of thioether (sulfide) groups is 1. The highest BCUT2D eigenvalue weighted by molar-refractivity contribution is 8.14. The number of aryl methyl sites for hydroxylation is 1. The fraction of sp³-hybridized carbons (Fsp3) is 0.462. The van der Waals surface area contributed by atoms with E-state index in [9.17, 15) is 0 Å². The first-order chi connectivity index (χ1) is 8.61. The fourth-order valence-electron chi connectivity index (χ4n) is 1.80. The second kappa shape index (κ2) is 6.18. The van der Waals surface area contributed by atoms with E-state index >= 15 is 0 Å². The summed E-state index contributed by atoms with van der Waals surface area (Å²) in [6.07, 6.45) is 2.21. The summed E-state index contributed by atoms with van der Waals surface area (Å²) in [5, 5.41) is 5.49. The van der Waals surface area contributed by atoms with Gasteiger partial charge in [0.25, 0.3) is 0 Å². The van der Waals surface area contributed by atoms with E-state index in [0.717, 1.165) is 35.0 Å². The maximum absolute atomic E-state index is 6.28. The van der Waals surface area contributed by atoms with Crippen molar-refractivity contribution in [1.29, 1.82) is 0 Å². The monoisotopic (exact) mass is 302 g/mol. The molecule has 1 atom stereocenters. The van der Waals surface area contributed by atoms with E-state index in [0.29, 0.717) is 16.1 Å². The molecule has 1 N–H and O–H groups in total. The summed E-state index contributed by atoms with van der Waals surface area (Å²) in [5.74, 6) is 1.09. The number of amidine groups is 1. The summed E-state index contributed by atoms with van der Waals surface area (Å²) in [6, 6.07) is 4.19. The Hall–Kier alpha value is -0.380. The Bertz CT molecular complexity index is 474. The van der Waals surface area contributed by atoms with Crippen molar-refractivity contribution in [2.45, 2.75) is 32.7 Å². The molecule has 0 saturated heterocycles. The largest absolute Gasteiger partial charge is 0.333 e. The Balaban J connectivity index is 2.24. The van der Waals surface area contributed by atoms with Crippen LogP contribution in [0.3, 0.4) is 0 Å². The molecule has 2 rings (SSSR count). The third kappa shape index (κ3) is 3.14. The van der Waals surface area contributed by atoms with Gasteiger partial charge >= 0.3 is 0 Å². The van der Waals surface area contributed by atoms with Crippen LogP contribution < -0.4 is 5.32 Å². The molecule has 0 amide bonds. The van der Waals surface area contributed by atoms with Crippen LogP contribution in [0.4, 0.5) is 5.69 Å². The molecule has 5 heteroatoms. The first-order valence-corrected chi connectivity index (χ1v) is 7.78. The quantitative estimate of drug-likeness (QED) is 0.832. The van der Waals surface area contributed by atoms with Crippen LogP contribution in [0.1, 0.15) is 25.3 Å². The van der Waals surface area contributed by atoms with E-state index < -0.39 is 0 Å². The highest BCUT2D eigenvalue weighted by Crippen LogP contribution is 2.34. The van der Waals surface area contributed by atoms with Gasteiger partial charge in [-0.15, -0.1) is 0 Å². The van der Waals surface area contributed by atoms with Crippen LogP contribution in [0, 0.1) is 6.92 Å². The molecule has 18 heavy (non-hydrogen) atoms. The van der Waals surface area contributed by atoms with Crippen LogP contribution in [-0.4, -0.2) is 17.0 Å². The Kier molecular flexibility index (Phi) is 4.82. The molecule has 98 valence electrons. The predicted octanol–water partition coefficient (Wildman–Crippen LogP) is 4.99. The standard InChI is InChI=1S/C13H16Cl2N2S/c1-3-9-6-7-18-13(16-9)17-12-10(14)5-4-8(2)11(12)15/h4-5,9H,3,6-7H2,1-2H3,(H,16,17). The summed E-state index contributed by atoms with van der Waals surface area (Å²) in [7, 11) is 0. The van der Waals surface area contributed by atoms with Crippen LogP contribution in [0.25, 0.3) is 0 Å². The Morgan fingerprint density at radius 2 is 2.22 bits per heavy atom. The SMILES string of the molecule is CCC1CCSC(Nc2c(Cl)ccc(C)c2Cl)=N1. The molecule has 1 unspecified atom stereocenters. The van der Waals surface area contributed by atoms with Crippen molar-refractivity contribution < 1.29 is 0 Å². The van der Waals surface area contributed by atoms with Crippen LogP contribution in [0.2, 0.25) is 10.0 Å². The molecule has 1 heterocycles. The molecule has 1 aromatic carbocycles. The molecule has 0 aliphatic carbocycles.